The number of benzene rings is 1. The third-order valence-electron chi connectivity index (χ3n) is 3.51. The molecule has 0 saturated carbocycles. The molecule has 3 aromatic rings. The second kappa shape index (κ2) is 7.14. The van der Waals surface area contributed by atoms with Gasteiger partial charge in [0.2, 0.25) is 5.91 Å². The lowest BCUT2D eigenvalue weighted by molar-refractivity contribution is -0.120. The monoisotopic (exact) mass is 373 g/mol. The number of nitrogens with one attached hydrogen (secondary N) is 2. The number of hydrogen-bond acceptors (Lipinski definition) is 4. The fourth-order valence-electron chi connectivity index (χ4n) is 2.28. The van der Waals surface area contributed by atoms with Crippen LogP contribution in [0.4, 0.5) is 0 Å². The van der Waals surface area contributed by atoms with Crippen LogP contribution in [0.2, 0.25) is 5.02 Å². The summed E-state index contributed by atoms with van der Waals surface area (Å²) in [5.41, 5.74) is 1.72. The van der Waals surface area contributed by atoms with Crippen molar-refractivity contribution in [1.29, 1.82) is 5.26 Å². The Hall–Kier alpha value is -2.20. The van der Waals surface area contributed by atoms with E-state index in [1.807, 2.05) is 12.1 Å². The number of amides is 1. The van der Waals surface area contributed by atoms with E-state index in [1.54, 1.807) is 24.4 Å². The standard InChI is InChI=1S/C17H12ClN3OS2/c18-12-3-1-10(2-4-12)8-20-15(22)5-11-9-21-17-14(16(11)23)6-13(7-19)24-17/h1-4,6,9H,5,8H2,(H,20,22)(H,21,23). The van der Waals surface area contributed by atoms with E-state index < -0.39 is 0 Å². The summed E-state index contributed by atoms with van der Waals surface area (Å²) in [6, 6.07) is 11.2. The van der Waals surface area contributed by atoms with Crippen LogP contribution in [0.1, 0.15) is 16.0 Å². The molecule has 2 aromatic heterocycles. The molecule has 1 aromatic carbocycles. The number of rotatable bonds is 4. The number of halogens is 1. The summed E-state index contributed by atoms with van der Waals surface area (Å²) >= 11 is 12.6. The third kappa shape index (κ3) is 3.65. The van der Waals surface area contributed by atoms with Crippen LogP contribution in [0.5, 0.6) is 0 Å². The Balaban J connectivity index is 1.71. The highest BCUT2D eigenvalue weighted by molar-refractivity contribution is 7.71. The zero-order valence-electron chi connectivity index (χ0n) is 12.4. The Morgan fingerprint density at radius 1 is 1.38 bits per heavy atom. The summed E-state index contributed by atoms with van der Waals surface area (Å²) in [5, 5.41) is 13.3. The van der Waals surface area contributed by atoms with Gasteiger partial charge in [0, 0.05) is 23.2 Å². The van der Waals surface area contributed by atoms with Gasteiger partial charge in [-0.2, -0.15) is 5.26 Å². The molecule has 7 heteroatoms. The summed E-state index contributed by atoms with van der Waals surface area (Å²) in [5.74, 6) is -0.112. The fourth-order valence-corrected chi connectivity index (χ4v) is 3.60. The van der Waals surface area contributed by atoms with Gasteiger partial charge in [-0.05, 0) is 29.3 Å². The Labute approximate surface area is 152 Å². The van der Waals surface area contributed by atoms with Crippen LogP contribution in [-0.4, -0.2) is 10.9 Å². The summed E-state index contributed by atoms with van der Waals surface area (Å²) in [4.78, 5) is 16.7. The second-order valence-electron chi connectivity index (χ2n) is 5.19. The first-order valence-electron chi connectivity index (χ1n) is 7.12. The summed E-state index contributed by atoms with van der Waals surface area (Å²) in [6.45, 7) is 0.436. The molecule has 2 heterocycles. The van der Waals surface area contributed by atoms with Gasteiger partial charge in [-0.1, -0.05) is 36.0 Å². The van der Waals surface area contributed by atoms with Gasteiger partial charge in [-0.25, -0.2) is 0 Å². The van der Waals surface area contributed by atoms with Crippen molar-refractivity contribution in [2.45, 2.75) is 13.0 Å². The van der Waals surface area contributed by atoms with Crippen molar-refractivity contribution in [3.8, 4) is 6.07 Å². The van der Waals surface area contributed by atoms with Gasteiger partial charge in [-0.3, -0.25) is 4.79 Å². The van der Waals surface area contributed by atoms with E-state index >= 15 is 0 Å². The minimum atomic E-state index is -0.112. The second-order valence-corrected chi connectivity index (χ2v) is 7.09. The number of nitriles is 1. The lowest BCUT2D eigenvalue weighted by Gasteiger charge is -2.06. The quantitative estimate of drug-likeness (QED) is 0.668. The number of fused-ring (bicyclic) bond motifs is 1. The zero-order valence-corrected chi connectivity index (χ0v) is 14.8. The van der Waals surface area contributed by atoms with Crippen LogP contribution in [0.15, 0.2) is 36.5 Å². The molecule has 4 nitrogen and oxygen atoms in total. The van der Waals surface area contributed by atoms with E-state index in [-0.39, 0.29) is 12.3 Å². The molecule has 24 heavy (non-hydrogen) atoms. The van der Waals surface area contributed by atoms with E-state index in [9.17, 15) is 4.79 Å². The first-order chi connectivity index (χ1) is 11.6. The Morgan fingerprint density at radius 3 is 2.83 bits per heavy atom. The first-order valence-corrected chi connectivity index (χ1v) is 8.72. The lowest BCUT2D eigenvalue weighted by atomic mass is 10.1. The van der Waals surface area contributed by atoms with Crippen molar-refractivity contribution in [2.75, 3.05) is 0 Å². The molecule has 3 rings (SSSR count). The average Bonchev–Trinajstić information content (AvgIpc) is 3.01. The molecule has 1 amide bonds. The van der Waals surface area contributed by atoms with Gasteiger partial charge >= 0.3 is 0 Å². The van der Waals surface area contributed by atoms with Gasteiger partial charge < -0.3 is 10.3 Å². The molecule has 120 valence electrons. The number of hydrogen-bond donors (Lipinski definition) is 2. The zero-order chi connectivity index (χ0) is 17.1. The van der Waals surface area contributed by atoms with Crippen LogP contribution in [-0.2, 0) is 17.8 Å². The molecule has 0 atom stereocenters. The molecule has 0 saturated heterocycles. The van der Waals surface area contributed by atoms with Gasteiger partial charge in [0.1, 0.15) is 15.8 Å². The minimum Gasteiger partial charge on any atom is -0.353 e. The summed E-state index contributed by atoms with van der Waals surface area (Å²) < 4.78 is 0.614. The fraction of sp³-hybridized carbons (Fsp3) is 0.118. The van der Waals surface area contributed by atoms with Crippen LogP contribution >= 0.6 is 35.2 Å². The molecule has 0 aliphatic heterocycles. The van der Waals surface area contributed by atoms with Crippen molar-refractivity contribution in [1.82, 2.24) is 10.3 Å². The van der Waals surface area contributed by atoms with Crippen LogP contribution in [0.3, 0.4) is 0 Å². The maximum atomic E-state index is 12.2. The number of carbonyl (C=O) groups is 1. The molecular weight excluding hydrogens is 362 g/mol. The van der Waals surface area contributed by atoms with Gasteiger partial charge in [-0.15, -0.1) is 11.3 Å². The molecule has 0 fully saturated rings. The van der Waals surface area contributed by atoms with Crippen LogP contribution < -0.4 is 5.32 Å². The number of carbonyl (C=O) groups excluding carboxylic acids is 1. The highest BCUT2D eigenvalue weighted by Crippen LogP contribution is 2.25. The molecule has 0 bridgehead atoms. The number of pyridine rings is 1. The maximum absolute atomic E-state index is 12.2. The lowest BCUT2D eigenvalue weighted by Crippen LogP contribution is -2.24. The SMILES string of the molecule is N#Cc1cc2c(=S)c(CC(=O)NCc3ccc(Cl)cc3)c[nH]c2s1. The van der Waals surface area contributed by atoms with Crippen molar-refractivity contribution in [3.05, 3.63) is 62.1 Å². The molecule has 0 unspecified atom stereocenters. The maximum Gasteiger partial charge on any atom is 0.224 e. The van der Waals surface area contributed by atoms with Crippen LogP contribution in [0.25, 0.3) is 10.2 Å². The van der Waals surface area contributed by atoms with Gasteiger partial charge in [0.05, 0.1) is 10.9 Å². The highest BCUT2D eigenvalue weighted by atomic mass is 35.5. The number of nitrogens with zero attached hydrogens (tertiary/aromatic N) is 1. The topological polar surface area (TPSA) is 68.7 Å². The smallest absolute Gasteiger partial charge is 0.224 e. The largest absolute Gasteiger partial charge is 0.353 e. The highest BCUT2D eigenvalue weighted by Gasteiger charge is 2.10. The van der Waals surface area contributed by atoms with Crippen LogP contribution in [0, 0.1) is 15.8 Å². The molecule has 0 aliphatic carbocycles. The van der Waals surface area contributed by atoms with E-state index in [0.717, 1.165) is 21.3 Å². The summed E-state index contributed by atoms with van der Waals surface area (Å²) in [6.07, 6.45) is 1.93. The van der Waals surface area contributed by atoms with E-state index in [1.165, 1.54) is 11.3 Å². The third-order valence-corrected chi connectivity index (χ3v) is 5.22. The Kier molecular flexibility index (Phi) is 4.95. The van der Waals surface area contributed by atoms with E-state index in [4.69, 9.17) is 29.1 Å². The number of H-pyrrole nitrogens is 1. The first kappa shape index (κ1) is 16.7. The van der Waals surface area contributed by atoms with Crippen molar-refractivity contribution in [3.63, 3.8) is 0 Å². The van der Waals surface area contributed by atoms with Gasteiger partial charge in [0.25, 0.3) is 0 Å². The Bertz CT molecular complexity index is 999. The van der Waals surface area contributed by atoms with E-state index in [2.05, 4.69) is 16.4 Å². The minimum absolute atomic E-state index is 0.112. The molecular formula is C17H12ClN3OS2. The molecule has 0 spiro atoms. The number of aromatic amines is 1. The predicted molar refractivity (Wildman–Crippen MR) is 98.7 cm³/mol. The van der Waals surface area contributed by atoms with Crippen molar-refractivity contribution >= 4 is 51.3 Å². The predicted octanol–water partition coefficient (Wildman–Crippen LogP) is 4.34. The molecule has 2 N–H and O–H groups in total. The summed E-state index contributed by atoms with van der Waals surface area (Å²) in [7, 11) is 0. The number of aromatic nitrogens is 1. The molecule has 0 radical (unpaired) electrons. The average molecular weight is 374 g/mol. The van der Waals surface area contributed by atoms with E-state index in [0.29, 0.717) is 21.0 Å². The van der Waals surface area contributed by atoms with Crippen molar-refractivity contribution in [2.24, 2.45) is 0 Å². The molecule has 0 aliphatic rings. The van der Waals surface area contributed by atoms with Gasteiger partial charge in [0.15, 0.2) is 0 Å². The Morgan fingerprint density at radius 2 is 2.12 bits per heavy atom. The number of thiophene rings is 1. The normalized spacial score (nSPS) is 10.5. The van der Waals surface area contributed by atoms with Crippen molar-refractivity contribution < 1.29 is 4.79 Å².